The van der Waals surface area contributed by atoms with Gasteiger partial charge in [0.2, 0.25) is 0 Å². The van der Waals surface area contributed by atoms with Crippen molar-refractivity contribution in [3.8, 4) is 0 Å². The van der Waals surface area contributed by atoms with E-state index in [0.717, 1.165) is 18.6 Å². The van der Waals surface area contributed by atoms with Crippen LogP contribution in [0.25, 0.3) is 0 Å². The Bertz CT molecular complexity index is 183. The zero-order valence-electron chi connectivity index (χ0n) is 10.7. The zero-order chi connectivity index (χ0) is 11.2. The van der Waals surface area contributed by atoms with Crippen LogP contribution in [0.4, 0.5) is 0 Å². The minimum Gasteiger partial charge on any atom is -0.378 e. The van der Waals surface area contributed by atoms with Crippen molar-refractivity contribution in [2.75, 3.05) is 13.2 Å². The topological polar surface area (TPSA) is 21.3 Å². The fourth-order valence-electron chi connectivity index (χ4n) is 2.84. The lowest BCUT2D eigenvalue weighted by molar-refractivity contribution is -0.0365. The summed E-state index contributed by atoms with van der Waals surface area (Å²) in [5, 5.41) is 3.56. The highest BCUT2D eigenvalue weighted by molar-refractivity contribution is 4.86. The molecule has 2 fully saturated rings. The molecule has 0 unspecified atom stereocenters. The number of ether oxygens (including phenoxy) is 1. The van der Waals surface area contributed by atoms with Gasteiger partial charge in [-0.25, -0.2) is 0 Å². The highest BCUT2D eigenvalue weighted by Crippen LogP contribution is 2.28. The zero-order valence-corrected chi connectivity index (χ0v) is 10.7. The van der Waals surface area contributed by atoms with Crippen LogP contribution in [0.15, 0.2) is 0 Å². The van der Waals surface area contributed by atoms with Crippen molar-refractivity contribution in [1.82, 2.24) is 5.32 Å². The molecule has 0 aromatic heterocycles. The molecule has 2 aliphatic carbocycles. The highest BCUT2D eigenvalue weighted by atomic mass is 16.5. The molecule has 0 aliphatic heterocycles. The van der Waals surface area contributed by atoms with Crippen molar-refractivity contribution in [1.29, 1.82) is 0 Å². The molecule has 0 aromatic carbocycles. The largest absolute Gasteiger partial charge is 0.378 e. The Morgan fingerprint density at radius 1 is 1.12 bits per heavy atom. The van der Waals surface area contributed by atoms with Gasteiger partial charge in [0.15, 0.2) is 0 Å². The summed E-state index contributed by atoms with van der Waals surface area (Å²) in [5.41, 5.74) is 0. The van der Waals surface area contributed by atoms with E-state index in [0.29, 0.717) is 6.10 Å². The van der Waals surface area contributed by atoms with Gasteiger partial charge in [-0.15, -0.1) is 0 Å². The quantitative estimate of drug-likeness (QED) is 0.750. The number of rotatable bonds is 6. The first-order valence-corrected chi connectivity index (χ1v) is 7.23. The monoisotopic (exact) mass is 225 g/mol. The van der Waals surface area contributed by atoms with E-state index in [1.807, 2.05) is 0 Å². The average Bonchev–Trinajstić information content (AvgIpc) is 2.28. The first-order chi connectivity index (χ1) is 7.88. The van der Waals surface area contributed by atoms with Gasteiger partial charge >= 0.3 is 0 Å². The molecule has 94 valence electrons. The Morgan fingerprint density at radius 3 is 2.56 bits per heavy atom. The molecular weight excluding hydrogens is 198 g/mol. The van der Waals surface area contributed by atoms with Crippen LogP contribution < -0.4 is 5.32 Å². The van der Waals surface area contributed by atoms with E-state index in [1.165, 1.54) is 57.9 Å². The Hall–Kier alpha value is -0.0800. The van der Waals surface area contributed by atoms with E-state index < -0.39 is 0 Å². The van der Waals surface area contributed by atoms with Gasteiger partial charge in [-0.3, -0.25) is 0 Å². The number of hydrogen-bond acceptors (Lipinski definition) is 2. The maximum absolute atomic E-state index is 5.99. The second-order valence-corrected chi connectivity index (χ2v) is 5.58. The lowest BCUT2D eigenvalue weighted by atomic mass is 9.87. The Balaban J connectivity index is 1.49. The maximum Gasteiger partial charge on any atom is 0.0605 e. The summed E-state index contributed by atoms with van der Waals surface area (Å²) >= 11 is 0. The van der Waals surface area contributed by atoms with Crippen molar-refractivity contribution < 1.29 is 4.74 Å². The van der Waals surface area contributed by atoms with Gasteiger partial charge in [-0.2, -0.15) is 0 Å². The van der Waals surface area contributed by atoms with Crippen LogP contribution >= 0.6 is 0 Å². The molecule has 2 nitrogen and oxygen atoms in total. The predicted molar refractivity (Wildman–Crippen MR) is 67.6 cm³/mol. The van der Waals surface area contributed by atoms with E-state index in [4.69, 9.17) is 4.74 Å². The van der Waals surface area contributed by atoms with Crippen LogP contribution in [-0.2, 0) is 4.74 Å². The van der Waals surface area contributed by atoms with Crippen LogP contribution in [0, 0.1) is 5.92 Å². The molecule has 0 amide bonds. The second-order valence-electron chi connectivity index (χ2n) is 5.58. The molecule has 0 spiro atoms. The maximum atomic E-state index is 5.99. The fourth-order valence-corrected chi connectivity index (χ4v) is 2.84. The third-order valence-corrected chi connectivity index (χ3v) is 4.07. The van der Waals surface area contributed by atoms with Gasteiger partial charge in [-0.1, -0.05) is 26.2 Å². The predicted octanol–water partition coefficient (Wildman–Crippen LogP) is 3.11. The first kappa shape index (κ1) is 12.4. The van der Waals surface area contributed by atoms with Crippen molar-refractivity contribution in [3.05, 3.63) is 0 Å². The third kappa shape index (κ3) is 3.74. The minimum atomic E-state index is 0.566. The first-order valence-electron chi connectivity index (χ1n) is 7.23. The lowest BCUT2D eigenvalue weighted by Gasteiger charge is -2.37. The second kappa shape index (κ2) is 6.61. The fraction of sp³-hybridized carbons (Fsp3) is 1.00. The van der Waals surface area contributed by atoms with E-state index >= 15 is 0 Å². The molecule has 0 saturated heterocycles. The Morgan fingerprint density at radius 2 is 1.88 bits per heavy atom. The molecule has 1 N–H and O–H groups in total. The molecule has 16 heavy (non-hydrogen) atoms. The molecule has 2 saturated carbocycles. The standard InChI is InChI=1S/C14H27NO/c1-2-8-15-13-9-14(10-13)16-11-12-6-4-3-5-7-12/h12-15H,2-11H2,1H3. The summed E-state index contributed by atoms with van der Waals surface area (Å²) in [6, 6.07) is 0.747. The molecule has 0 heterocycles. The van der Waals surface area contributed by atoms with E-state index in [9.17, 15) is 0 Å². The molecule has 2 rings (SSSR count). The van der Waals surface area contributed by atoms with Gasteiger partial charge in [0.05, 0.1) is 6.10 Å². The van der Waals surface area contributed by atoms with E-state index in [-0.39, 0.29) is 0 Å². The van der Waals surface area contributed by atoms with E-state index in [2.05, 4.69) is 12.2 Å². The van der Waals surface area contributed by atoms with Gasteiger partial charge in [0, 0.05) is 12.6 Å². The van der Waals surface area contributed by atoms with Crippen LogP contribution in [0.5, 0.6) is 0 Å². The van der Waals surface area contributed by atoms with Crippen LogP contribution in [0.2, 0.25) is 0 Å². The smallest absolute Gasteiger partial charge is 0.0605 e. The molecule has 0 atom stereocenters. The molecule has 0 bridgehead atoms. The van der Waals surface area contributed by atoms with Crippen molar-refractivity contribution in [3.63, 3.8) is 0 Å². The van der Waals surface area contributed by atoms with Crippen LogP contribution in [0.3, 0.4) is 0 Å². The summed E-state index contributed by atoms with van der Waals surface area (Å²) in [6.45, 7) is 4.42. The van der Waals surface area contributed by atoms with E-state index in [1.54, 1.807) is 0 Å². The normalized spacial score (nSPS) is 31.3. The Labute approximate surface area is 100 Å². The summed E-state index contributed by atoms with van der Waals surface area (Å²) in [6.07, 6.45) is 11.4. The summed E-state index contributed by atoms with van der Waals surface area (Å²) in [5.74, 6) is 0.872. The Kier molecular flexibility index (Phi) is 5.11. The van der Waals surface area contributed by atoms with Gasteiger partial charge < -0.3 is 10.1 Å². The molecule has 2 aliphatic rings. The molecular formula is C14H27NO. The molecule has 0 aromatic rings. The average molecular weight is 225 g/mol. The van der Waals surface area contributed by atoms with Crippen molar-refractivity contribution >= 4 is 0 Å². The lowest BCUT2D eigenvalue weighted by Crippen LogP contribution is -2.46. The SMILES string of the molecule is CCCNC1CC(OCC2CCCCC2)C1. The highest BCUT2D eigenvalue weighted by Gasteiger charge is 2.29. The van der Waals surface area contributed by atoms with Crippen molar-refractivity contribution in [2.24, 2.45) is 5.92 Å². The molecule has 2 heteroatoms. The summed E-state index contributed by atoms with van der Waals surface area (Å²) < 4.78 is 5.99. The van der Waals surface area contributed by atoms with Crippen LogP contribution in [0.1, 0.15) is 58.3 Å². The van der Waals surface area contributed by atoms with Gasteiger partial charge in [0.1, 0.15) is 0 Å². The number of hydrogen-bond donors (Lipinski definition) is 1. The summed E-state index contributed by atoms with van der Waals surface area (Å²) in [7, 11) is 0. The number of nitrogens with one attached hydrogen (secondary N) is 1. The van der Waals surface area contributed by atoms with Gasteiger partial charge in [-0.05, 0) is 44.6 Å². The van der Waals surface area contributed by atoms with Gasteiger partial charge in [0.25, 0.3) is 0 Å². The molecule has 0 radical (unpaired) electrons. The third-order valence-electron chi connectivity index (χ3n) is 4.07. The van der Waals surface area contributed by atoms with Crippen LogP contribution in [-0.4, -0.2) is 25.3 Å². The minimum absolute atomic E-state index is 0.566. The summed E-state index contributed by atoms with van der Waals surface area (Å²) in [4.78, 5) is 0. The van der Waals surface area contributed by atoms with Crippen molar-refractivity contribution in [2.45, 2.75) is 70.4 Å².